The molecule has 29 heavy (non-hydrogen) atoms. The second kappa shape index (κ2) is 13.4. The number of aliphatic hydroxyl groups is 1. The summed E-state index contributed by atoms with van der Waals surface area (Å²) in [6.07, 6.45) is 2.73. The van der Waals surface area contributed by atoms with Crippen LogP contribution in [0.15, 0.2) is 23.2 Å². The van der Waals surface area contributed by atoms with Crippen LogP contribution in [0.1, 0.15) is 37.3 Å². The van der Waals surface area contributed by atoms with Gasteiger partial charge >= 0.3 is 0 Å². The quantitative estimate of drug-likeness (QED) is 0.296. The normalized spacial score (nSPS) is 16.1. The summed E-state index contributed by atoms with van der Waals surface area (Å²) in [6.45, 7) is 10.5. The third kappa shape index (κ3) is 9.02. The molecule has 1 aliphatic rings. The summed E-state index contributed by atoms with van der Waals surface area (Å²) in [5.74, 6) is 1.69. The van der Waals surface area contributed by atoms with Gasteiger partial charge in [-0.05, 0) is 51.3 Å². The van der Waals surface area contributed by atoms with E-state index in [1.165, 1.54) is 5.56 Å². The van der Waals surface area contributed by atoms with E-state index >= 15 is 0 Å². The van der Waals surface area contributed by atoms with Gasteiger partial charge in [0.1, 0.15) is 12.4 Å². The largest absolute Gasteiger partial charge is 0.491 e. The summed E-state index contributed by atoms with van der Waals surface area (Å²) in [5.41, 5.74) is 2.23. The van der Waals surface area contributed by atoms with Gasteiger partial charge in [0.25, 0.3) is 0 Å². The van der Waals surface area contributed by atoms with Gasteiger partial charge in [0.15, 0.2) is 5.96 Å². The fourth-order valence-electron chi connectivity index (χ4n) is 3.32. The number of hydrogen-bond donors (Lipinski definition) is 3. The predicted molar refractivity (Wildman–Crippen MR) is 118 cm³/mol. The molecule has 1 aromatic rings. The minimum absolute atomic E-state index is 0.109. The molecule has 0 aromatic heterocycles. The molecule has 1 saturated heterocycles. The van der Waals surface area contributed by atoms with E-state index in [9.17, 15) is 5.11 Å². The van der Waals surface area contributed by atoms with E-state index in [-0.39, 0.29) is 6.10 Å². The summed E-state index contributed by atoms with van der Waals surface area (Å²) in [6, 6.07) is 6.22. The number of piperidine rings is 1. The van der Waals surface area contributed by atoms with Crippen molar-refractivity contribution in [2.75, 3.05) is 53.0 Å². The van der Waals surface area contributed by atoms with Crippen LogP contribution in [-0.4, -0.2) is 75.1 Å². The Hall–Kier alpha value is -1.83. The number of nitrogens with one attached hydrogen (secondary N) is 2. The second-order valence-electron chi connectivity index (χ2n) is 7.50. The first kappa shape index (κ1) is 23.4. The third-order valence-corrected chi connectivity index (χ3v) is 5.02. The standard InChI is InChI=1S/C22H38N4O3/c1-4-23-22(24-10-5-11-26-12-8-20(27)9-13-26)25-17-19-7-6-18(2)16-21(19)29-15-14-28-3/h6-7,16,20,27H,4-5,8-15,17H2,1-3H3,(H2,23,24,25). The van der Waals surface area contributed by atoms with Crippen molar-refractivity contribution < 1.29 is 14.6 Å². The van der Waals surface area contributed by atoms with Crippen molar-refractivity contribution in [3.05, 3.63) is 29.3 Å². The Morgan fingerprint density at radius 2 is 2.03 bits per heavy atom. The molecule has 0 saturated carbocycles. The number of nitrogens with zero attached hydrogens (tertiary/aromatic N) is 2. The highest BCUT2D eigenvalue weighted by Gasteiger charge is 2.16. The average Bonchev–Trinajstić information content (AvgIpc) is 2.72. The number of guanidine groups is 1. The third-order valence-electron chi connectivity index (χ3n) is 5.02. The molecule has 164 valence electrons. The van der Waals surface area contributed by atoms with Gasteiger partial charge in [-0.2, -0.15) is 0 Å². The lowest BCUT2D eigenvalue weighted by atomic mass is 10.1. The molecule has 1 aromatic carbocycles. The summed E-state index contributed by atoms with van der Waals surface area (Å²) in [7, 11) is 1.67. The molecule has 0 aliphatic carbocycles. The molecule has 0 bridgehead atoms. The molecule has 1 aliphatic heterocycles. The molecule has 7 heteroatoms. The van der Waals surface area contributed by atoms with E-state index in [0.29, 0.717) is 19.8 Å². The summed E-state index contributed by atoms with van der Waals surface area (Å²) >= 11 is 0. The lowest BCUT2D eigenvalue weighted by Gasteiger charge is -2.29. The minimum Gasteiger partial charge on any atom is -0.491 e. The second-order valence-corrected chi connectivity index (χ2v) is 7.50. The average molecular weight is 407 g/mol. The fraction of sp³-hybridized carbons (Fsp3) is 0.682. The van der Waals surface area contributed by atoms with Gasteiger partial charge in [-0.1, -0.05) is 12.1 Å². The molecule has 0 unspecified atom stereocenters. The molecule has 0 atom stereocenters. The van der Waals surface area contributed by atoms with Gasteiger partial charge in [0.2, 0.25) is 0 Å². The molecule has 3 N–H and O–H groups in total. The number of aliphatic hydroxyl groups excluding tert-OH is 1. The van der Waals surface area contributed by atoms with Gasteiger partial charge in [0, 0.05) is 38.9 Å². The number of likely N-dealkylation sites (tertiary alicyclic amines) is 1. The fourth-order valence-corrected chi connectivity index (χ4v) is 3.32. The van der Waals surface area contributed by atoms with Gasteiger partial charge < -0.3 is 30.1 Å². The summed E-state index contributed by atoms with van der Waals surface area (Å²) < 4.78 is 10.9. The van der Waals surface area contributed by atoms with E-state index in [0.717, 1.165) is 69.3 Å². The zero-order valence-corrected chi connectivity index (χ0v) is 18.2. The first-order valence-corrected chi connectivity index (χ1v) is 10.8. The number of aryl methyl sites for hydroxylation is 1. The number of rotatable bonds is 11. The summed E-state index contributed by atoms with van der Waals surface area (Å²) in [5, 5.41) is 16.3. The Balaban J connectivity index is 1.83. The maximum Gasteiger partial charge on any atom is 0.191 e. The lowest BCUT2D eigenvalue weighted by molar-refractivity contribution is 0.0823. The van der Waals surface area contributed by atoms with Crippen molar-refractivity contribution in [3.8, 4) is 5.75 Å². The number of aliphatic imine (C=N–C) groups is 1. The number of ether oxygens (including phenoxy) is 2. The SMILES string of the molecule is CCNC(=NCc1ccc(C)cc1OCCOC)NCCCN1CCC(O)CC1. The van der Waals surface area contributed by atoms with Crippen molar-refractivity contribution in [1.82, 2.24) is 15.5 Å². The molecule has 1 heterocycles. The van der Waals surface area contributed by atoms with Gasteiger partial charge in [-0.15, -0.1) is 0 Å². The van der Waals surface area contributed by atoms with Crippen LogP contribution in [0.3, 0.4) is 0 Å². The van der Waals surface area contributed by atoms with Crippen LogP contribution < -0.4 is 15.4 Å². The van der Waals surface area contributed by atoms with Gasteiger partial charge in [-0.25, -0.2) is 4.99 Å². The van der Waals surface area contributed by atoms with Crippen LogP contribution in [0.25, 0.3) is 0 Å². The molecular formula is C22H38N4O3. The first-order valence-electron chi connectivity index (χ1n) is 10.8. The highest BCUT2D eigenvalue weighted by molar-refractivity contribution is 5.79. The van der Waals surface area contributed by atoms with E-state index in [1.54, 1.807) is 7.11 Å². The molecule has 0 radical (unpaired) electrons. The van der Waals surface area contributed by atoms with E-state index in [4.69, 9.17) is 14.5 Å². The van der Waals surface area contributed by atoms with Crippen LogP contribution in [0.2, 0.25) is 0 Å². The van der Waals surface area contributed by atoms with Crippen LogP contribution in [0.5, 0.6) is 5.75 Å². The number of methoxy groups -OCH3 is 1. The Morgan fingerprint density at radius 3 is 2.76 bits per heavy atom. The van der Waals surface area contributed by atoms with Crippen LogP contribution >= 0.6 is 0 Å². The molecule has 0 amide bonds. The molecule has 7 nitrogen and oxygen atoms in total. The van der Waals surface area contributed by atoms with Crippen LogP contribution in [0.4, 0.5) is 0 Å². The van der Waals surface area contributed by atoms with Crippen molar-refractivity contribution in [1.29, 1.82) is 0 Å². The number of benzene rings is 1. The van der Waals surface area contributed by atoms with Crippen molar-refractivity contribution >= 4 is 5.96 Å². The van der Waals surface area contributed by atoms with Crippen molar-refractivity contribution in [2.24, 2.45) is 4.99 Å². The van der Waals surface area contributed by atoms with Crippen molar-refractivity contribution in [3.63, 3.8) is 0 Å². The Kier molecular flexibility index (Phi) is 10.8. The van der Waals surface area contributed by atoms with Crippen molar-refractivity contribution in [2.45, 2.75) is 45.8 Å². The smallest absolute Gasteiger partial charge is 0.191 e. The Bertz CT molecular complexity index is 616. The zero-order valence-electron chi connectivity index (χ0n) is 18.2. The molecule has 0 spiro atoms. The Morgan fingerprint density at radius 1 is 1.24 bits per heavy atom. The lowest BCUT2D eigenvalue weighted by Crippen LogP contribution is -2.40. The summed E-state index contributed by atoms with van der Waals surface area (Å²) in [4.78, 5) is 7.16. The number of hydrogen-bond acceptors (Lipinski definition) is 5. The topological polar surface area (TPSA) is 78.4 Å². The van der Waals surface area contributed by atoms with Crippen LogP contribution in [-0.2, 0) is 11.3 Å². The van der Waals surface area contributed by atoms with Crippen LogP contribution in [0, 0.1) is 6.92 Å². The van der Waals surface area contributed by atoms with E-state index < -0.39 is 0 Å². The molecule has 2 rings (SSSR count). The van der Waals surface area contributed by atoms with Gasteiger partial charge in [-0.3, -0.25) is 0 Å². The van der Waals surface area contributed by atoms with E-state index in [1.807, 2.05) is 0 Å². The monoisotopic (exact) mass is 406 g/mol. The predicted octanol–water partition coefficient (Wildman–Crippen LogP) is 1.92. The van der Waals surface area contributed by atoms with Gasteiger partial charge in [0.05, 0.1) is 19.3 Å². The Labute approximate surface area is 175 Å². The maximum atomic E-state index is 9.60. The minimum atomic E-state index is -0.109. The maximum absolute atomic E-state index is 9.60. The first-order chi connectivity index (χ1) is 14.1. The van der Waals surface area contributed by atoms with E-state index in [2.05, 4.69) is 47.6 Å². The molecular weight excluding hydrogens is 368 g/mol. The highest BCUT2D eigenvalue weighted by Crippen LogP contribution is 2.21. The molecule has 1 fully saturated rings. The highest BCUT2D eigenvalue weighted by atomic mass is 16.5. The zero-order chi connectivity index (χ0) is 20.9.